The first-order chi connectivity index (χ1) is 10.0. The van der Waals surface area contributed by atoms with Crippen molar-refractivity contribution in [3.8, 4) is 0 Å². The van der Waals surface area contributed by atoms with Gasteiger partial charge in [-0.3, -0.25) is 0 Å². The fourth-order valence-electron chi connectivity index (χ4n) is 1.79. The molecule has 0 aromatic heterocycles. The van der Waals surface area contributed by atoms with E-state index in [4.69, 9.17) is 5.73 Å². The maximum Gasteiger partial charge on any atom is 0.276 e. The smallest absolute Gasteiger partial charge is 0.276 e. The summed E-state index contributed by atoms with van der Waals surface area (Å²) >= 11 is 0. The molecule has 2 rings (SSSR count). The molecule has 0 atom stereocenters. The lowest BCUT2D eigenvalue weighted by Gasteiger charge is -2.07. The van der Waals surface area contributed by atoms with Gasteiger partial charge in [0.25, 0.3) is 10.0 Å². The van der Waals surface area contributed by atoms with Crippen LogP contribution in [0.3, 0.4) is 0 Å². The van der Waals surface area contributed by atoms with E-state index in [0.717, 1.165) is 5.56 Å². The summed E-state index contributed by atoms with van der Waals surface area (Å²) in [6.07, 6.45) is 0.619. The molecule has 110 valence electrons. The number of nitrogens with two attached hydrogens (primary N) is 1. The molecule has 2 aromatic rings. The Morgan fingerprint density at radius 1 is 1.10 bits per heavy atom. The van der Waals surface area contributed by atoms with Crippen LogP contribution in [-0.4, -0.2) is 14.1 Å². The number of rotatable bonds is 5. The Kier molecular flexibility index (Phi) is 4.59. The second kappa shape index (κ2) is 6.41. The van der Waals surface area contributed by atoms with Crippen LogP contribution < -0.4 is 10.6 Å². The number of nitrogens with one attached hydrogen (secondary N) is 1. The highest BCUT2D eigenvalue weighted by atomic mass is 32.2. The van der Waals surface area contributed by atoms with Crippen molar-refractivity contribution in [2.24, 2.45) is 5.10 Å². The zero-order chi connectivity index (χ0) is 15.3. The molecule has 0 amide bonds. The van der Waals surface area contributed by atoms with Gasteiger partial charge >= 0.3 is 0 Å². The van der Waals surface area contributed by atoms with E-state index in [-0.39, 0.29) is 4.90 Å². The highest BCUT2D eigenvalue weighted by Gasteiger charge is 2.13. The number of hydrazone groups is 1. The first-order valence-electron chi connectivity index (χ1n) is 6.52. The second-order valence-corrected chi connectivity index (χ2v) is 6.10. The fourth-order valence-corrected chi connectivity index (χ4v) is 2.62. The van der Waals surface area contributed by atoms with Crippen molar-refractivity contribution in [2.75, 3.05) is 5.73 Å². The normalized spacial score (nSPS) is 12.1. The highest BCUT2D eigenvalue weighted by molar-refractivity contribution is 7.89. The molecule has 0 saturated heterocycles. The average molecular weight is 303 g/mol. The van der Waals surface area contributed by atoms with E-state index >= 15 is 0 Å². The van der Waals surface area contributed by atoms with Crippen molar-refractivity contribution in [1.29, 1.82) is 0 Å². The predicted octanol–water partition coefficient (Wildman–Crippen LogP) is 2.36. The summed E-state index contributed by atoms with van der Waals surface area (Å²) in [7, 11) is -3.68. The van der Waals surface area contributed by atoms with Gasteiger partial charge in [0.1, 0.15) is 0 Å². The maximum absolute atomic E-state index is 12.1. The molecule has 6 heteroatoms. The van der Waals surface area contributed by atoms with Gasteiger partial charge in [-0.05, 0) is 36.2 Å². The Bertz CT molecular complexity index is 723. The van der Waals surface area contributed by atoms with Crippen molar-refractivity contribution >= 4 is 21.4 Å². The van der Waals surface area contributed by atoms with Gasteiger partial charge in [0.05, 0.1) is 10.6 Å². The number of nitrogen functional groups attached to an aromatic ring is 1. The van der Waals surface area contributed by atoms with E-state index in [2.05, 4.69) is 9.93 Å². The maximum atomic E-state index is 12.1. The predicted molar refractivity (Wildman–Crippen MR) is 84.4 cm³/mol. The van der Waals surface area contributed by atoms with E-state index in [1.807, 2.05) is 37.3 Å². The number of anilines is 1. The van der Waals surface area contributed by atoms with E-state index in [1.54, 1.807) is 0 Å². The largest absolute Gasteiger partial charge is 0.399 e. The molecule has 0 bridgehead atoms. The molecule has 0 aliphatic carbocycles. The SMILES string of the molecule is CC/C(=N\NS(=O)(=O)c1ccc(N)cc1)c1ccccc1. The van der Waals surface area contributed by atoms with Crippen LogP contribution in [0.25, 0.3) is 0 Å². The first kappa shape index (κ1) is 15.1. The number of sulfonamides is 1. The Balaban J connectivity index is 2.24. The molecule has 2 aromatic carbocycles. The third-order valence-corrected chi connectivity index (χ3v) is 4.16. The number of hydrogen-bond donors (Lipinski definition) is 2. The van der Waals surface area contributed by atoms with E-state index in [9.17, 15) is 8.42 Å². The van der Waals surface area contributed by atoms with Crippen molar-refractivity contribution in [3.63, 3.8) is 0 Å². The van der Waals surface area contributed by atoms with E-state index < -0.39 is 10.0 Å². The minimum atomic E-state index is -3.68. The second-order valence-electron chi connectivity index (χ2n) is 4.44. The van der Waals surface area contributed by atoms with Crippen LogP contribution in [0.15, 0.2) is 64.6 Å². The molecular formula is C15H17N3O2S. The molecule has 21 heavy (non-hydrogen) atoms. The molecule has 0 unspecified atom stereocenters. The van der Waals surface area contributed by atoms with Gasteiger partial charge < -0.3 is 5.73 Å². The highest BCUT2D eigenvalue weighted by Crippen LogP contribution is 2.12. The summed E-state index contributed by atoms with van der Waals surface area (Å²) in [4.78, 5) is 2.39. The van der Waals surface area contributed by atoms with Gasteiger partial charge in [0.15, 0.2) is 0 Å². The zero-order valence-corrected chi connectivity index (χ0v) is 12.5. The minimum absolute atomic E-state index is 0.129. The average Bonchev–Trinajstić information content (AvgIpc) is 2.49. The van der Waals surface area contributed by atoms with E-state index in [0.29, 0.717) is 17.8 Å². The third kappa shape index (κ3) is 3.82. The molecule has 0 aliphatic heterocycles. The van der Waals surface area contributed by atoms with Crippen molar-refractivity contribution in [3.05, 3.63) is 60.2 Å². The summed E-state index contributed by atoms with van der Waals surface area (Å²) in [6.45, 7) is 1.92. The molecule has 0 heterocycles. The Morgan fingerprint density at radius 3 is 2.29 bits per heavy atom. The van der Waals surface area contributed by atoms with E-state index in [1.165, 1.54) is 24.3 Å². The molecule has 5 nitrogen and oxygen atoms in total. The lowest BCUT2D eigenvalue weighted by Crippen LogP contribution is -2.20. The van der Waals surface area contributed by atoms with Crippen LogP contribution in [0.5, 0.6) is 0 Å². The Hall–Kier alpha value is -2.34. The van der Waals surface area contributed by atoms with Gasteiger partial charge in [0.2, 0.25) is 0 Å². The van der Waals surface area contributed by atoms with Gasteiger partial charge in [-0.1, -0.05) is 37.3 Å². The van der Waals surface area contributed by atoms with Gasteiger partial charge in [-0.15, -0.1) is 0 Å². The monoisotopic (exact) mass is 303 g/mol. The number of nitrogens with zero attached hydrogens (tertiary/aromatic N) is 1. The lowest BCUT2D eigenvalue weighted by atomic mass is 10.1. The zero-order valence-electron chi connectivity index (χ0n) is 11.7. The summed E-state index contributed by atoms with van der Waals surface area (Å²) in [5.74, 6) is 0. The first-order valence-corrected chi connectivity index (χ1v) is 8.00. The van der Waals surface area contributed by atoms with Crippen LogP contribution in [0, 0.1) is 0 Å². The topological polar surface area (TPSA) is 84.5 Å². The Morgan fingerprint density at radius 2 is 1.71 bits per heavy atom. The molecule has 0 radical (unpaired) electrons. The summed E-state index contributed by atoms with van der Waals surface area (Å²) in [5.41, 5.74) is 7.62. The fraction of sp³-hybridized carbons (Fsp3) is 0.133. The van der Waals surface area contributed by atoms with Crippen LogP contribution >= 0.6 is 0 Å². The molecular weight excluding hydrogens is 286 g/mol. The number of benzene rings is 2. The summed E-state index contributed by atoms with van der Waals surface area (Å²) in [5, 5.41) is 4.03. The van der Waals surface area contributed by atoms with Crippen LogP contribution in [0.4, 0.5) is 5.69 Å². The van der Waals surface area contributed by atoms with Gasteiger partial charge in [0, 0.05) is 5.69 Å². The molecule has 3 N–H and O–H groups in total. The number of hydrogen-bond acceptors (Lipinski definition) is 4. The third-order valence-electron chi connectivity index (χ3n) is 2.93. The molecule has 0 aliphatic rings. The summed E-state index contributed by atoms with van der Waals surface area (Å²) < 4.78 is 24.3. The quantitative estimate of drug-likeness (QED) is 0.505. The van der Waals surface area contributed by atoms with Crippen molar-refractivity contribution in [2.45, 2.75) is 18.2 Å². The van der Waals surface area contributed by atoms with Crippen molar-refractivity contribution < 1.29 is 8.42 Å². The van der Waals surface area contributed by atoms with Crippen LogP contribution in [0.2, 0.25) is 0 Å². The van der Waals surface area contributed by atoms with Crippen molar-refractivity contribution in [1.82, 2.24) is 4.83 Å². The minimum Gasteiger partial charge on any atom is -0.399 e. The Labute approximate surface area is 124 Å². The van der Waals surface area contributed by atoms with Crippen LogP contribution in [0.1, 0.15) is 18.9 Å². The van der Waals surface area contributed by atoms with Gasteiger partial charge in [-0.2, -0.15) is 18.4 Å². The standard InChI is InChI=1S/C15H17N3O2S/c1-2-15(12-6-4-3-5-7-12)17-18-21(19,20)14-10-8-13(16)9-11-14/h3-11,18H,2,16H2,1H3/b17-15+. The van der Waals surface area contributed by atoms with Gasteiger partial charge in [-0.25, -0.2) is 0 Å². The molecule has 0 spiro atoms. The molecule has 0 saturated carbocycles. The van der Waals surface area contributed by atoms with Crippen LogP contribution in [-0.2, 0) is 10.0 Å². The molecule has 0 fully saturated rings. The lowest BCUT2D eigenvalue weighted by molar-refractivity contribution is 0.584. The summed E-state index contributed by atoms with van der Waals surface area (Å²) in [6, 6.07) is 15.4.